The van der Waals surface area contributed by atoms with Crippen LogP contribution < -0.4 is 10.5 Å². The highest BCUT2D eigenvalue weighted by Gasteiger charge is 2.39. The molecule has 0 amide bonds. The SMILES string of the molecule is NCC1(c2cc(Cl)ccc2OC(F)F)CCC1. The molecular formula is C12H14ClF2NO. The number of nitrogens with two attached hydrogens (primary N) is 1. The fourth-order valence-corrected chi connectivity index (χ4v) is 2.47. The Kier molecular flexibility index (Phi) is 3.54. The Bertz CT molecular complexity index is 402. The fourth-order valence-electron chi connectivity index (χ4n) is 2.30. The summed E-state index contributed by atoms with van der Waals surface area (Å²) in [7, 11) is 0. The first-order valence-electron chi connectivity index (χ1n) is 5.52. The van der Waals surface area contributed by atoms with Crippen molar-refractivity contribution in [2.75, 3.05) is 6.54 Å². The molecule has 0 atom stereocenters. The molecule has 0 unspecified atom stereocenters. The highest BCUT2D eigenvalue weighted by Crippen LogP contribution is 2.47. The summed E-state index contributed by atoms with van der Waals surface area (Å²) < 4.78 is 29.2. The lowest BCUT2D eigenvalue weighted by Crippen LogP contribution is -2.41. The van der Waals surface area contributed by atoms with Gasteiger partial charge in [-0.1, -0.05) is 18.0 Å². The van der Waals surface area contributed by atoms with Crippen molar-refractivity contribution in [1.29, 1.82) is 0 Å². The number of hydrogen-bond acceptors (Lipinski definition) is 2. The summed E-state index contributed by atoms with van der Waals surface area (Å²) in [6.07, 6.45) is 2.84. The molecule has 5 heteroatoms. The van der Waals surface area contributed by atoms with Gasteiger partial charge in [-0.25, -0.2) is 0 Å². The van der Waals surface area contributed by atoms with E-state index in [-0.39, 0.29) is 11.2 Å². The topological polar surface area (TPSA) is 35.2 Å². The van der Waals surface area contributed by atoms with Gasteiger partial charge in [-0.2, -0.15) is 8.78 Å². The first kappa shape index (κ1) is 12.6. The molecule has 0 radical (unpaired) electrons. The third kappa shape index (κ3) is 2.38. The van der Waals surface area contributed by atoms with Crippen LogP contribution in [0.4, 0.5) is 8.78 Å². The van der Waals surface area contributed by atoms with Crippen molar-refractivity contribution in [3.8, 4) is 5.75 Å². The van der Waals surface area contributed by atoms with E-state index >= 15 is 0 Å². The van der Waals surface area contributed by atoms with E-state index in [0.29, 0.717) is 17.1 Å². The zero-order valence-electron chi connectivity index (χ0n) is 9.26. The molecule has 1 fully saturated rings. The minimum atomic E-state index is -2.83. The van der Waals surface area contributed by atoms with Gasteiger partial charge in [-0.3, -0.25) is 0 Å². The van der Waals surface area contributed by atoms with Gasteiger partial charge in [0.1, 0.15) is 5.75 Å². The summed E-state index contributed by atoms with van der Waals surface area (Å²) in [5, 5.41) is 0.515. The Morgan fingerprint density at radius 1 is 1.41 bits per heavy atom. The predicted octanol–water partition coefficient (Wildman–Crippen LogP) is 3.32. The van der Waals surface area contributed by atoms with Crippen LogP contribution in [-0.2, 0) is 5.41 Å². The molecule has 0 saturated heterocycles. The Morgan fingerprint density at radius 3 is 2.59 bits per heavy atom. The second-order valence-corrected chi connectivity index (χ2v) is 4.79. The normalized spacial score (nSPS) is 17.9. The van der Waals surface area contributed by atoms with E-state index in [9.17, 15) is 8.78 Å². The van der Waals surface area contributed by atoms with Crippen molar-refractivity contribution in [2.45, 2.75) is 31.3 Å². The van der Waals surface area contributed by atoms with Crippen molar-refractivity contribution in [2.24, 2.45) is 5.73 Å². The fraction of sp³-hybridized carbons (Fsp3) is 0.500. The summed E-state index contributed by atoms with van der Waals surface area (Å²) in [4.78, 5) is 0. The third-order valence-corrected chi connectivity index (χ3v) is 3.67. The number of ether oxygens (including phenoxy) is 1. The highest BCUT2D eigenvalue weighted by molar-refractivity contribution is 6.30. The molecule has 0 bridgehead atoms. The molecular weight excluding hydrogens is 248 g/mol. The summed E-state index contributed by atoms with van der Waals surface area (Å²) in [6, 6.07) is 4.72. The number of hydrogen-bond donors (Lipinski definition) is 1. The van der Waals surface area contributed by atoms with Crippen LogP contribution in [0, 0.1) is 0 Å². The van der Waals surface area contributed by atoms with E-state index in [1.165, 1.54) is 6.07 Å². The second-order valence-electron chi connectivity index (χ2n) is 4.36. The van der Waals surface area contributed by atoms with Crippen LogP contribution in [0.2, 0.25) is 5.02 Å². The van der Waals surface area contributed by atoms with Crippen molar-refractivity contribution in [3.63, 3.8) is 0 Å². The molecule has 0 spiro atoms. The van der Waals surface area contributed by atoms with Crippen LogP contribution in [0.1, 0.15) is 24.8 Å². The molecule has 2 rings (SSSR count). The molecule has 17 heavy (non-hydrogen) atoms. The van der Waals surface area contributed by atoms with Crippen LogP contribution in [0.15, 0.2) is 18.2 Å². The van der Waals surface area contributed by atoms with Crippen molar-refractivity contribution in [1.82, 2.24) is 0 Å². The van der Waals surface area contributed by atoms with Gasteiger partial charge in [-0.05, 0) is 31.0 Å². The van der Waals surface area contributed by atoms with E-state index in [1.807, 2.05) is 0 Å². The molecule has 0 heterocycles. The molecule has 0 aliphatic heterocycles. The molecule has 2 N–H and O–H groups in total. The standard InChI is InChI=1S/C12H14ClF2NO/c13-8-2-3-10(17-11(14)15)9(6-8)12(7-16)4-1-5-12/h2-3,6,11H,1,4-5,7,16H2. The van der Waals surface area contributed by atoms with E-state index < -0.39 is 6.61 Å². The maximum atomic E-state index is 12.3. The van der Waals surface area contributed by atoms with Crippen LogP contribution in [0.5, 0.6) is 5.75 Å². The van der Waals surface area contributed by atoms with Crippen LogP contribution in [0.3, 0.4) is 0 Å². The molecule has 1 aromatic rings. The van der Waals surface area contributed by atoms with Gasteiger partial charge in [0.2, 0.25) is 0 Å². The maximum absolute atomic E-state index is 12.3. The first-order chi connectivity index (χ1) is 8.07. The highest BCUT2D eigenvalue weighted by atomic mass is 35.5. The van der Waals surface area contributed by atoms with E-state index in [1.54, 1.807) is 12.1 Å². The lowest BCUT2D eigenvalue weighted by molar-refractivity contribution is -0.0515. The second kappa shape index (κ2) is 4.78. The van der Waals surface area contributed by atoms with Crippen LogP contribution in [0.25, 0.3) is 0 Å². The molecule has 1 saturated carbocycles. The molecule has 94 valence electrons. The Balaban J connectivity index is 2.39. The molecule has 1 aliphatic carbocycles. The summed E-state index contributed by atoms with van der Waals surface area (Å²) >= 11 is 5.91. The summed E-state index contributed by atoms with van der Waals surface area (Å²) in [5.41, 5.74) is 6.23. The zero-order valence-corrected chi connectivity index (χ0v) is 10.0. The Labute approximate surface area is 104 Å². The average Bonchev–Trinajstić information content (AvgIpc) is 2.20. The van der Waals surface area contributed by atoms with Gasteiger partial charge in [0.15, 0.2) is 0 Å². The van der Waals surface area contributed by atoms with E-state index in [2.05, 4.69) is 4.74 Å². The monoisotopic (exact) mass is 261 g/mol. The largest absolute Gasteiger partial charge is 0.435 e. The number of halogens is 3. The zero-order chi connectivity index (χ0) is 12.5. The summed E-state index contributed by atoms with van der Waals surface area (Å²) in [6.45, 7) is -2.41. The maximum Gasteiger partial charge on any atom is 0.387 e. The van der Waals surface area contributed by atoms with Crippen LogP contribution in [-0.4, -0.2) is 13.2 Å². The molecule has 2 nitrogen and oxygen atoms in total. The number of benzene rings is 1. The average molecular weight is 262 g/mol. The molecule has 1 aliphatic rings. The van der Waals surface area contributed by atoms with Gasteiger partial charge in [0.05, 0.1) is 0 Å². The lowest BCUT2D eigenvalue weighted by atomic mass is 9.64. The molecule has 1 aromatic carbocycles. The lowest BCUT2D eigenvalue weighted by Gasteiger charge is -2.42. The third-order valence-electron chi connectivity index (χ3n) is 3.43. The number of alkyl halides is 2. The predicted molar refractivity (Wildman–Crippen MR) is 62.7 cm³/mol. The minimum absolute atomic E-state index is 0.189. The van der Waals surface area contributed by atoms with Gasteiger partial charge in [-0.15, -0.1) is 0 Å². The van der Waals surface area contributed by atoms with Crippen molar-refractivity contribution >= 4 is 11.6 Å². The minimum Gasteiger partial charge on any atom is -0.435 e. The van der Waals surface area contributed by atoms with Crippen molar-refractivity contribution < 1.29 is 13.5 Å². The Morgan fingerprint density at radius 2 is 2.12 bits per heavy atom. The Hall–Kier alpha value is -0.870. The van der Waals surface area contributed by atoms with Crippen LogP contribution >= 0.6 is 11.6 Å². The van der Waals surface area contributed by atoms with Gasteiger partial charge in [0.25, 0.3) is 0 Å². The summed E-state index contributed by atoms with van der Waals surface area (Å²) in [5.74, 6) is 0.189. The van der Waals surface area contributed by atoms with Gasteiger partial charge >= 0.3 is 6.61 Å². The van der Waals surface area contributed by atoms with E-state index in [4.69, 9.17) is 17.3 Å². The number of rotatable bonds is 4. The quantitative estimate of drug-likeness (QED) is 0.902. The van der Waals surface area contributed by atoms with Crippen molar-refractivity contribution in [3.05, 3.63) is 28.8 Å². The first-order valence-corrected chi connectivity index (χ1v) is 5.90. The molecule has 0 aromatic heterocycles. The van der Waals surface area contributed by atoms with Gasteiger partial charge < -0.3 is 10.5 Å². The van der Waals surface area contributed by atoms with E-state index in [0.717, 1.165) is 19.3 Å². The smallest absolute Gasteiger partial charge is 0.387 e. The van der Waals surface area contributed by atoms with Gasteiger partial charge in [0, 0.05) is 22.5 Å².